The molecule has 3 saturated carbocycles. The molecule has 88 valence electrons. The Morgan fingerprint density at radius 3 is 2.13 bits per heavy atom. The van der Waals surface area contributed by atoms with Crippen molar-refractivity contribution in [2.45, 2.75) is 60.8 Å². The van der Waals surface area contributed by atoms with E-state index in [2.05, 4.69) is 41.5 Å². The van der Waals surface area contributed by atoms with Crippen LogP contribution in [0.2, 0.25) is 0 Å². The van der Waals surface area contributed by atoms with Gasteiger partial charge in [-0.05, 0) is 47.3 Å². The van der Waals surface area contributed by atoms with Gasteiger partial charge < -0.3 is 0 Å². The molecule has 0 aromatic rings. The first-order valence-electron chi connectivity index (χ1n) is 6.86. The van der Waals surface area contributed by atoms with E-state index in [1.54, 1.807) is 0 Å². The molecular weight excluding hydrogens is 180 g/mol. The van der Waals surface area contributed by atoms with Gasteiger partial charge in [-0.3, -0.25) is 0 Å². The molecule has 0 nitrogen and oxygen atoms in total. The molecule has 0 aliphatic heterocycles. The van der Waals surface area contributed by atoms with Gasteiger partial charge >= 0.3 is 0 Å². The van der Waals surface area contributed by atoms with Gasteiger partial charge in [-0.25, -0.2) is 0 Å². The first kappa shape index (κ1) is 11.5. The normalized spacial score (nSPS) is 59.6. The maximum Gasteiger partial charge on any atom is -0.0261 e. The van der Waals surface area contributed by atoms with E-state index in [9.17, 15) is 0 Å². The lowest BCUT2D eigenvalue weighted by molar-refractivity contribution is -0.142. The monoisotopic (exact) mass is 208 g/mol. The van der Waals surface area contributed by atoms with Crippen LogP contribution in [0.5, 0.6) is 0 Å². The first-order chi connectivity index (χ1) is 6.86. The quantitative estimate of drug-likeness (QED) is 0.584. The Morgan fingerprint density at radius 2 is 1.67 bits per heavy atom. The minimum atomic E-state index is 0.637. The molecule has 0 radical (unpaired) electrons. The third kappa shape index (κ3) is 1.26. The summed E-state index contributed by atoms with van der Waals surface area (Å²) in [6.07, 6.45) is 4.33. The van der Waals surface area contributed by atoms with E-state index in [0.717, 1.165) is 23.7 Å². The Bertz CT molecular complexity index is 253. The van der Waals surface area contributed by atoms with E-state index in [1.165, 1.54) is 19.3 Å². The molecule has 3 aliphatic carbocycles. The third-order valence-electron chi connectivity index (χ3n) is 6.72. The highest BCUT2D eigenvalue weighted by Crippen LogP contribution is 2.70. The van der Waals surface area contributed by atoms with Crippen LogP contribution in [0.25, 0.3) is 0 Å². The number of hydrogen-bond acceptors (Lipinski definition) is 0. The van der Waals surface area contributed by atoms with Crippen LogP contribution in [-0.2, 0) is 0 Å². The average molecular weight is 208 g/mol. The van der Waals surface area contributed by atoms with Crippen LogP contribution < -0.4 is 0 Å². The lowest BCUT2D eigenvalue weighted by Crippen LogP contribution is -2.56. The molecule has 2 bridgehead atoms. The van der Waals surface area contributed by atoms with Crippen molar-refractivity contribution < 1.29 is 0 Å². The SMILES string of the molecule is CCC1CC(C)C(C)C2(C)CC1(C)C2C. The topological polar surface area (TPSA) is 0 Å². The van der Waals surface area contributed by atoms with Crippen LogP contribution in [0.15, 0.2) is 0 Å². The molecule has 3 rings (SSSR count). The summed E-state index contributed by atoms with van der Waals surface area (Å²) in [5, 5.41) is 0. The highest BCUT2D eigenvalue weighted by Gasteiger charge is 2.62. The fourth-order valence-electron chi connectivity index (χ4n) is 5.01. The van der Waals surface area contributed by atoms with Crippen molar-refractivity contribution in [2.75, 3.05) is 0 Å². The van der Waals surface area contributed by atoms with E-state index in [-0.39, 0.29) is 0 Å². The first-order valence-corrected chi connectivity index (χ1v) is 6.86. The predicted molar refractivity (Wildman–Crippen MR) is 66.7 cm³/mol. The summed E-state index contributed by atoms with van der Waals surface area (Å²) in [5.41, 5.74) is 1.29. The molecule has 0 N–H and O–H groups in total. The average Bonchev–Trinajstić information content (AvgIpc) is 2.31. The summed E-state index contributed by atoms with van der Waals surface area (Å²) < 4.78 is 0. The number of rotatable bonds is 1. The minimum absolute atomic E-state index is 0.637. The maximum atomic E-state index is 2.55. The van der Waals surface area contributed by atoms with Gasteiger partial charge in [-0.1, -0.05) is 48.0 Å². The molecule has 0 aromatic heterocycles. The second kappa shape index (κ2) is 3.25. The van der Waals surface area contributed by atoms with E-state index >= 15 is 0 Å². The fraction of sp³-hybridized carbons (Fsp3) is 1.00. The highest BCUT2D eigenvalue weighted by molar-refractivity contribution is 5.11. The van der Waals surface area contributed by atoms with Crippen LogP contribution in [0.4, 0.5) is 0 Å². The van der Waals surface area contributed by atoms with Gasteiger partial charge in [0, 0.05) is 0 Å². The fourth-order valence-corrected chi connectivity index (χ4v) is 5.01. The summed E-state index contributed by atoms with van der Waals surface area (Å²) in [6.45, 7) is 15.0. The van der Waals surface area contributed by atoms with Crippen LogP contribution in [-0.4, -0.2) is 0 Å². The molecule has 15 heavy (non-hydrogen) atoms. The van der Waals surface area contributed by atoms with Crippen molar-refractivity contribution >= 4 is 0 Å². The second-order valence-corrected chi connectivity index (χ2v) is 7.02. The van der Waals surface area contributed by atoms with Crippen molar-refractivity contribution in [3.05, 3.63) is 0 Å². The zero-order valence-electron chi connectivity index (χ0n) is 11.4. The van der Waals surface area contributed by atoms with E-state index in [0.29, 0.717) is 10.8 Å². The van der Waals surface area contributed by atoms with Crippen LogP contribution in [0, 0.1) is 34.5 Å². The largest absolute Gasteiger partial charge is 0.0651 e. The molecule has 0 spiro atoms. The highest BCUT2D eigenvalue weighted by atomic mass is 14.7. The molecular formula is C15H28. The lowest BCUT2D eigenvalue weighted by atomic mass is 9.42. The molecule has 6 atom stereocenters. The Morgan fingerprint density at radius 1 is 1.07 bits per heavy atom. The van der Waals surface area contributed by atoms with Crippen molar-refractivity contribution in [1.82, 2.24) is 0 Å². The molecule has 0 saturated heterocycles. The molecule has 3 fully saturated rings. The van der Waals surface area contributed by atoms with Gasteiger partial charge in [-0.2, -0.15) is 0 Å². The van der Waals surface area contributed by atoms with E-state index in [4.69, 9.17) is 0 Å². The minimum Gasteiger partial charge on any atom is -0.0651 e. The Hall–Kier alpha value is 0. The van der Waals surface area contributed by atoms with Crippen molar-refractivity contribution in [3.63, 3.8) is 0 Å². The number of fused-ring (bicyclic) bond motifs is 3. The maximum absolute atomic E-state index is 2.55. The van der Waals surface area contributed by atoms with Crippen LogP contribution >= 0.6 is 0 Å². The van der Waals surface area contributed by atoms with Gasteiger partial charge in [-0.15, -0.1) is 0 Å². The molecule has 0 heterocycles. The van der Waals surface area contributed by atoms with Crippen molar-refractivity contribution in [2.24, 2.45) is 34.5 Å². The predicted octanol–water partition coefficient (Wildman–Crippen LogP) is 4.74. The van der Waals surface area contributed by atoms with Crippen LogP contribution in [0.3, 0.4) is 0 Å². The number of hydrogen-bond donors (Lipinski definition) is 0. The molecule has 0 aromatic carbocycles. The summed E-state index contributed by atoms with van der Waals surface area (Å²) in [6, 6.07) is 0. The Balaban J connectivity index is 2.33. The van der Waals surface area contributed by atoms with E-state index in [1.807, 2.05) is 0 Å². The zero-order valence-corrected chi connectivity index (χ0v) is 11.4. The van der Waals surface area contributed by atoms with Crippen LogP contribution in [0.1, 0.15) is 60.8 Å². The summed E-state index contributed by atoms with van der Waals surface area (Å²) >= 11 is 0. The smallest absolute Gasteiger partial charge is 0.0261 e. The molecule has 0 amide bonds. The van der Waals surface area contributed by atoms with Crippen molar-refractivity contribution in [1.29, 1.82) is 0 Å². The lowest BCUT2D eigenvalue weighted by Gasteiger charge is -2.63. The summed E-state index contributed by atoms with van der Waals surface area (Å²) in [7, 11) is 0. The molecule has 6 unspecified atom stereocenters. The summed E-state index contributed by atoms with van der Waals surface area (Å²) in [4.78, 5) is 0. The molecule has 0 heteroatoms. The third-order valence-corrected chi connectivity index (χ3v) is 6.72. The standard InChI is InChI=1S/C15H28/c1-7-13-8-10(2)11(3)14(5)9-15(13,6)12(14)4/h10-13H,7-9H2,1-6H3. The Kier molecular flexibility index (Phi) is 2.48. The van der Waals surface area contributed by atoms with E-state index < -0.39 is 0 Å². The second-order valence-electron chi connectivity index (χ2n) is 7.02. The van der Waals surface area contributed by atoms with Gasteiger partial charge in [0.25, 0.3) is 0 Å². The van der Waals surface area contributed by atoms with Gasteiger partial charge in [0.1, 0.15) is 0 Å². The summed E-state index contributed by atoms with van der Waals surface area (Å²) in [5.74, 6) is 3.74. The van der Waals surface area contributed by atoms with Gasteiger partial charge in [0.05, 0.1) is 0 Å². The zero-order chi connectivity index (χ0) is 11.4. The van der Waals surface area contributed by atoms with Crippen molar-refractivity contribution in [3.8, 4) is 0 Å². The molecule has 3 aliphatic rings. The van der Waals surface area contributed by atoms with Gasteiger partial charge in [0.15, 0.2) is 0 Å². The Labute approximate surface area is 95.8 Å². The van der Waals surface area contributed by atoms with Gasteiger partial charge in [0.2, 0.25) is 0 Å².